The van der Waals surface area contributed by atoms with Crippen LogP contribution in [0, 0.1) is 17.5 Å². The molecule has 31 heavy (non-hydrogen) atoms. The van der Waals surface area contributed by atoms with Gasteiger partial charge in [-0.2, -0.15) is 0 Å². The van der Waals surface area contributed by atoms with Crippen molar-refractivity contribution in [3.8, 4) is 0 Å². The molecular weight excluding hydrogens is 417 g/mol. The molecule has 164 valence electrons. The third kappa shape index (κ3) is 3.16. The van der Waals surface area contributed by atoms with Crippen molar-refractivity contribution in [2.75, 3.05) is 5.73 Å². The molecule has 0 spiro atoms. The number of aliphatic hydroxyl groups excluding tert-OH is 1. The van der Waals surface area contributed by atoms with E-state index in [0.717, 1.165) is 12.1 Å². The monoisotopic (exact) mass is 436 g/mol. The second kappa shape index (κ2) is 6.89. The molecule has 2 aromatic heterocycles. The Balaban J connectivity index is 1.56. The average molecular weight is 436 g/mol. The smallest absolute Gasteiger partial charge is 0.165 e. The van der Waals surface area contributed by atoms with Crippen LogP contribution in [-0.4, -0.2) is 43.7 Å². The summed E-state index contributed by atoms with van der Waals surface area (Å²) in [6.07, 6.45) is -2.47. The van der Waals surface area contributed by atoms with E-state index in [2.05, 4.69) is 9.97 Å². The molecule has 5 atom stereocenters. The van der Waals surface area contributed by atoms with Crippen LogP contribution in [0.25, 0.3) is 11.0 Å². The quantitative estimate of drug-likeness (QED) is 0.650. The second-order valence-electron chi connectivity index (χ2n) is 8.02. The van der Waals surface area contributed by atoms with Gasteiger partial charge in [0, 0.05) is 6.20 Å². The number of anilines is 1. The first-order valence-corrected chi connectivity index (χ1v) is 9.57. The minimum Gasteiger partial charge on any atom is -0.386 e. The van der Waals surface area contributed by atoms with E-state index in [1.807, 2.05) is 0 Å². The molecule has 0 aliphatic carbocycles. The van der Waals surface area contributed by atoms with E-state index < -0.39 is 53.9 Å². The molecule has 0 unspecified atom stereocenters. The Hall–Kier alpha value is -2.73. The Labute approximate surface area is 174 Å². The van der Waals surface area contributed by atoms with E-state index in [1.165, 1.54) is 23.2 Å². The number of rotatable bonds is 3. The van der Waals surface area contributed by atoms with E-state index in [0.29, 0.717) is 0 Å². The van der Waals surface area contributed by atoms with Crippen molar-refractivity contribution in [1.82, 2.24) is 14.5 Å². The zero-order chi connectivity index (χ0) is 22.1. The maximum atomic E-state index is 14.6. The van der Waals surface area contributed by atoms with Gasteiger partial charge < -0.3 is 29.6 Å². The molecule has 2 saturated heterocycles. The molecule has 3 aromatic rings. The molecule has 0 radical (unpaired) electrons. The molecule has 2 fully saturated rings. The SMILES string of the molecule is CC1(C)O[C@H]2[C@@H](O1)[C@H](n1cc(F)c3c(N)ncnc31)O[C@@H]2[C@H](O)c1ccc(F)c(F)c1. The molecule has 2 aliphatic heterocycles. The van der Waals surface area contributed by atoms with Crippen LogP contribution in [0.3, 0.4) is 0 Å². The summed E-state index contributed by atoms with van der Waals surface area (Å²) in [6, 6.07) is 3.07. The first kappa shape index (κ1) is 20.2. The van der Waals surface area contributed by atoms with Crippen LogP contribution in [0.4, 0.5) is 19.0 Å². The van der Waals surface area contributed by atoms with Gasteiger partial charge >= 0.3 is 0 Å². The summed E-state index contributed by atoms with van der Waals surface area (Å²) in [5.74, 6) is -3.82. The lowest BCUT2D eigenvalue weighted by Gasteiger charge is -2.27. The molecule has 5 rings (SSSR count). The predicted octanol–water partition coefficient (Wildman–Crippen LogP) is 2.58. The van der Waals surface area contributed by atoms with Crippen molar-refractivity contribution in [3.05, 3.63) is 53.7 Å². The lowest BCUT2D eigenvalue weighted by atomic mass is 9.99. The van der Waals surface area contributed by atoms with Gasteiger partial charge in [0.2, 0.25) is 0 Å². The summed E-state index contributed by atoms with van der Waals surface area (Å²) in [6.45, 7) is 3.38. The van der Waals surface area contributed by atoms with Crippen LogP contribution in [-0.2, 0) is 14.2 Å². The van der Waals surface area contributed by atoms with Crippen LogP contribution < -0.4 is 5.73 Å². The van der Waals surface area contributed by atoms with Crippen molar-refractivity contribution in [3.63, 3.8) is 0 Å². The third-order valence-corrected chi connectivity index (χ3v) is 5.53. The van der Waals surface area contributed by atoms with Gasteiger partial charge in [0.25, 0.3) is 0 Å². The molecule has 3 N–H and O–H groups in total. The van der Waals surface area contributed by atoms with Gasteiger partial charge in [-0.05, 0) is 31.5 Å². The molecule has 0 saturated carbocycles. The molecule has 8 nitrogen and oxygen atoms in total. The largest absolute Gasteiger partial charge is 0.386 e. The maximum Gasteiger partial charge on any atom is 0.165 e. The topological polar surface area (TPSA) is 105 Å². The zero-order valence-electron chi connectivity index (χ0n) is 16.5. The molecular formula is C20H19F3N4O4. The summed E-state index contributed by atoms with van der Waals surface area (Å²) in [4.78, 5) is 7.92. The first-order chi connectivity index (χ1) is 14.7. The highest BCUT2D eigenvalue weighted by Gasteiger charge is 2.58. The van der Waals surface area contributed by atoms with Crippen LogP contribution >= 0.6 is 0 Å². The van der Waals surface area contributed by atoms with Gasteiger partial charge in [-0.3, -0.25) is 0 Å². The number of aliphatic hydroxyl groups is 1. The number of nitrogen functional groups attached to an aromatic ring is 1. The van der Waals surface area contributed by atoms with Crippen LogP contribution in [0.1, 0.15) is 31.7 Å². The molecule has 11 heteroatoms. The maximum absolute atomic E-state index is 14.6. The highest BCUT2D eigenvalue weighted by Crippen LogP contribution is 2.47. The highest BCUT2D eigenvalue weighted by molar-refractivity contribution is 5.86. The Morgan fingerprint density at radius 1 is 1.10 bits per heavy atom. The number of ether oxygens (including phenoxy) is 3. The normalized spacial score (nSPS) is 28.2. The van der Waals surface area contributed by atoms with E-state index in [9.17, 15) is 18.3 Å². The number of benzene rings is 1. The zero-order valence-corrected chi connectivity index (χ0v) is 16.5. The van der Waals surface area contributed by atoms with E-state index in [-0.39, 0.29) is 22.4 Å². The van der Waals surface area contributed by atoms with Crippen molar-refractivity contribution < 1.29 is 32.5 Å². The van der Waals surface area contributed by atoms with Gasteiger partial charge in [-0.15, -0.1) is 0 Å². The lowest BCUT2D eigenvalue weighted by Crippen LogP contribution is -2.34. The number of aromatic nitrogens is 3. The number of halogens is 3. The van der Waals surface area contributed by atoms with Crippen molar-refractivity contribution in [2.24, 2.45) is 0 Å². The summed E-state index contributed by atoms with van der Waals surface area (Å²) in [5.41, 5.74) is 6.08. The lowest BCUT2D eigenvalue weighted by molar-refractivity contribution is -0.207. The fraction of sp³-hybridized carbons (Fsp3) is 0.400. The van der Waals surface area contributed by atoms with Gasteiger partial charge in [0.15, 0.2) is 35.1 Å². The summed E-state index contributed by atoms with van der Waals surface area (Å²) in [5, 5.41) is 10.9. The van der Waals surface area contributed by atoms with Crippen molar-refractivity contribution in [2.45, 2.75) is 50.3 Å². The molecule has 0 amide bonds. The third-order valence-electron chi connectivity index (χ3n) is 5.53. The molecule has 2 aliphatic rings. The van der Waals surface area contributed by atoms with Crippen molar-refractivity contribution >= 4 is 16.9 Å². The van der Waals surface area contributed by atoms with Gasteiger partial charge in [0.1, 0.15) is 36.6 Å². The number of nitrogens with zero attached hydrogens (tertiary/aromatic N) is 3. The van der Waals surface area contributed by atoms with E-state index in [1.54, 1.807) is 13.8 Å². The Morgan fingerprint density at radius 3 is 2.58 bits per heavy atom. The highest BCUT2D eigenvalue weighted by atomic mass is 19.2. The number of hydrogen-bond acceptors (Lipinski definition) is 7. The Morgan fingerprint density at radius 2 is 1.84 bits per heavy atom. The fourth-order valence-electron chi connectivity index (χ4n) is 4.23. The Kier molecular flexibility index (Phi) is 4.49. The molecule has 4 heterocycles. The molecule has 1 aromatic carbocycles. The van der Waals surface area contributed by atoms with Crippen molar-refractivity contribution in [1.29, 1.82) is 0 Å². The average Bonchev–Trinajstić information content (AvgIpc) is 3.32. The van der Waals surface area contributed by atoms with Crippen LogP contribution in [0.5, 0.6) is 0 Å². The first-order valence-electron chi connectivity index (χ1n) is 9.57. The van der Waals surface area contributed by atoms with E-state index >= 15 is 0 Å². The second-order valence-corrected chi connectivity index (χ2v) is 8.02. The fourth-order valence-corrected chi connectivity index (χ4v) is 4.23. The Bertz CT molecular complexity index is 1170. The van der Waals surface area contributed by atoms with Crippen LogP contribution in [0.2, 0.25) is 0 Å². The standard InChI is InChI=1S/C20H19F3N4O4/c1-20(2)30-15-14(13(28)8-3-4-9(21)10(22)5-8)29-19(16(15)31-20)27-6-11(23)12-17(24)25-7-26-18(12)27/h3-7,13-16,19,28H,1-2H3,(H2,24,25,26)/t13-,14-,15-,16-,19-/m1/s1. The summed E-state index contributed by atoms with van der Waals surface area (Å²) < 4.78 is 61.0. The van der Waals surface area contributed by atoms with Crippen LogP contribution in [0.15, 0.2) is 30.7 Å². The molecule has 0 bridgehead atoms. The van der Waals surface area contributed by atoms with Gasteiger partial charge in [-0.1, -0.05) is 6.07 Å². The van der Waals surface area contributed by atoms with Gasteiger partial charge in [0.05, 0.1) is 5.39 Å². The number of hydrogen-bond donors (Lipinski definition) is 2. The summed E-state index contributed by atoms with van der Waals surface area (Å²) >= 11 is 0. The predicted molar refractivity (Wildman–Crippen MR) is 101 cm³/mol. The minimum atomic E-state index is -1.36. The minimum absolute atomic E-state index is 0.0295. The van der Waals surface area contributed by atoms with Gasteiger partial charge in [-0.25, -0.2) is 23.1 Å². The number of fused-ring (bicyclic) bond motifs is 2. The van der Waals surface area contributed by atoms with E-state index in [4.69, 9.17) is 19.9 Å². The summed E-state index contributed by atoms with van der Waals surface area (Å²) in [7, 11) is 0. The number of nitrogens with two attached hydrogens (primary N) is 1.